The van der Waals surface area contributed by atoms with E-state index in [9.17, 15) is 14.7 Å². The molecule has 0 spiro atoms. The molecule has 0 fully saturated rings. The molecule has 0 aliphatic heterocycles. The highest BCUT2D eigenvalue weighted by atomic mass is 16.4. The van der Waals surface area contributed by atoms with E-state index in [1.54, 1.807) is 0 Å². The summed E-state index contributed by atoms with van der Waals surface area (Å²) in [7, 11) is 0. The van der Waals surface area contributed by atoms with Crippen LogP contribution >= 0.6 is 0 Å². The molecule has 0 aromatic rings. The number of carboxylic acids is 2. The Hall–Kier alpha value is -1.32. The minimum Gasteiger partial charge on any atom is -0.481 e. The molecular weight excluding hydrogens is 400 g/mol. The number of hydrogen-bond donors (Lipinski definition) is 2. The Kier molecular flexibility index (Phi) is 21.9. The number of allylic oxidation sites excluding steroid dienone is 2. The minimum atomic E-state index is -0.714. The maximum absolute atomic E-state index is 12.0. The average Bonchev–Trinajstić information content (AvgIpc) is 2.75. The second-order valence-corrected chi connectivity index (χ2v) is 9.51. The van der Waals surface area contributed by atoms with Crippen molar-refractivity contribution in [2.24, 2.45) is 11.8 Å². The molecule has 0 rings (SSSR count). The van der Waals surface area contributed by atoms with Crippen molar-refractivity contribution in [1.29, 1.82) is 0 Å². The SMILES string of the molecule is CCCCC=CCCCCCCC(C(=O)O)C(CCCCC)CCCCCCCC(=O)O. The average molecular weight is 453 g/mol. The highest BCUT2D eigenvalue weighted by Crippen LogP contribution is 2.30. The van der Waals surface area contributed by atoms with Gasteiger partial charge in [0.15, 0.2) is 0 Å². The van der Waals surface area contributed by atoms with Gasteiger partial charge in [-0.2, -0.15) is 0 Å². The highest BCUT2D eigenvalue weighted by Gasteiger charge is 2.26. The first-order valence-electron chi connectivity index (χ1n) is 13.6. The lowest BCUT2D eigenvalue weighted by Gasteiger charge is -2.24. The lowest BCUT2D eigenvalue weighted by Crippen LogP contribution is -2.24. The molecule has 0 saturated carbocycles. The van der Waals surface area contributed by atoms with Crippen LogP contribution in [0.3, 0.4) is 0 Å². The largest absolute Gasteiger partial charge is 0.481 e. The lowest BCUT2D eigenvalue weighted by molar-refractivity contribution is -0.144. The van der Waals surface area contributed by atoms with E-state index in [0.717, 1.165) is 77.0 Å². The number of unbranched alkanes of at least 4 members (excludes halogenated alkanes) is 12. The van der Waals surface area contributed by atoms with Gasteiger partial charge in [-0.05, 0) is 50.9 Å². The van der Waals surface area contributed by atoms with Crippen LogP contribution in [0, 0.1) is 11.8 Å². The quantitative estimate of drug-likeness (QED) is 0.113. The van der Waals surface area contributed by atoms with Gasteiger partial charge in [-0.1, -0.05) is 103 Å². The zero-order chi connectivity index (χ0) is 23.9. The topological polar surface area (TPSA) is 74.6 Å². The molecule has 2 atom stereocenters. The van der Waals surface area contributed by atoms with Crippen molar-refractivity contribution in [2.75, 3.05) is 0 Å². The van der Waals surface area contributed by atoms with Crippen LogP contribution in [-0.4, -0.2) is 22.2 Å². The van der Waals surface area contributed by atoms with E-state index in [1.165, 1.54) is 44.9 Å². The van der Waals surface area contributed by atoms with Gasteiger partial charge in [-0.15, -0.1) is 0 Å². The van der Waals surface area contributed by atoms with Crippen LogP contribution in [0.15, 0.2) is 12.2 Å². The summed E-state index contributed by atoms with van der Waals surface area (Å²) < 4.78 is 0. The van der Waals surface area contributed by atoms with Crippen molar-refractivity contribution >= 4 is 11.9 Å². The van der Waals surface area contributed by atoms with E-state index in [4.69, 9.17) is 5.11 Å². The van der Waals surface area contributed by atoms with E-state index in [1.807, 2.05) is 0 Å². The van der Waals surface area contributed by atoms with Crippen molar-refractivity contribution < 1.29 is 19.8 Å². The number of carboxylic acid groups (broad SMARTS) is 2. The van der Waals surface area contributed by atoms with Gasteiger partial charge in [0, 0.05) is 6.42 Å². The van der Waals surface area contributed by atoms with Gasteiger partial charge in [-0.25, -0.2) is 0 Å². The molecule has 0 bridgehead atoms. The summed E-state index contributed by atoms with van der Waals surface area (Å²) in [5, 5.41) is 18.6. The molecular formula is C28H52O4. The smallest absolute Gasteiger partial charge is 0.306 e. The summed E-state index contributed by atoms with van der Waals surface area (Å²) in [5.74, 6) is -1.23. The molecule has 4 heteroatoms. The van der Waals surface area contributed by atoms with Gasteiger partial charge < -0.3 is 10.2 Å². The monoisotopic (exact) mass is 452 g/mol. The van der Waals surface area contributed by atoms with E-state index in [-0.39, 0.29) is 12.3 Å². The summed E-state index contributed by atoms with van der Waals surface area (Å²) in [6.45, 7) is 4.41. The van der Waals surface area contributed by atoms with Crippen LogP contribution in [-0.2, 0) is 9.59 Å². The van der Waals surface area contributed by atoms with Gasteiger partial charge >= 0.3 is 11.9 Å². The predicted octanol–water partition coefficient (Wildman–Crippen LogP) is 8.79. The van der Waals surface area contributed by atoms with Crippen LogP contribution < -0.4 is 0 Å². The van der Waals surface area contributed by atoms with Gasteiger partial charge in [0.2, 0.25) is 0 Å². The van der Waals surface area contributed by atoms with E-state index in [0.29, 0.717) is 5.92 Å². The summed E-state index contributed by atoms with van der Waals surface area (Å²) in [5.41, 5.74) is 0. The number of rotatable bonds is 24. The Labute approximate surface area is 198 Å². The molecule has 2 unspecified atom stereocenters. The molecule has 32 heavy (non-hydrogen) atoms. The molecule has 0 aliphatic carbocycles. The molecule has 0 aromatic carbocycles. The normalized spacial score (nSPS) is 13.4. The van der Waals surface area contributed by atoms with Crippen molar-refractivity contribution in [2.45, 2.75) is 142 Å². The Bertz CT molecular complexity index is 472. The fourth-order valence-electron chi connectivity index (χ4n) is 4.51. The maximum Gasteiger partial charge on any atom is 0.306 e. The molecule has 188 valence electrons. The van der Waals surface area contributed by atoms with Gasteiger partial charge in [0.25, 0.3) is 0 Å². The molecule has 0 radical (unpaired) electrons. The van der Waals surface area contributed by atoms with Crippen LogP contribution in [0.1, 0.15) is 142 Å². The zero-order valence-corrected chi connectivity index (χ0v) is 21.2. The van der Waals surface area contributed by atoms with E-state index in [2.05, 4.69) is 26.0 Å². The third kappa shape index (κ3) is 19.4. The Morgan fingerprint density at radius 1 is 0.625 bits per heavy atom. The van der Waals surface area contributed by atoms with Gasteiger partial charge in [-0.3, -0.25) is 9.59 Å². The first-order chi connectivity index (χ1) is 15.5. The first-order valence-corrected chi connectivity index (χ1v) is 13.6. The first kappa shape index (κ1) is 30.7. The summed E-state index contributed by atoms with van der Waals surface area (Å²) >= 11 is 0. The van der Waals surface area contributed by atoms with Crippen LogP contribution in [0.5, 0.6) is 0 Å². The number of hydrogen-bond acceptors (Lipinski definition) is 2. The fourth-order valence-corrected chi connectivity index (χ4v) is 4.51. The molecule has 0 aliphatic rings. The maximum atomic E-state index is 12.0. The molecule has 4 nitrogen and oxygen atoms in total. The van der Waals surface area contributed by atoms with Gasteiger partial charge in [0.05, 0.1) is 5.92 Å². The van der Waals surface area contributed by atoms with Gasteiger partial charge in [0.1, 0.15) is 0 Å². The van der Waals surface area contributed by atoms with Crippen LogP contribution in [0.4, 0.5) is 0 Å². The van der Waals surface area contributed by atoms with Crippen molar-refractivity contribution in [3.05, 3.63) is 12.2 Å². The number of carbonyl (C=O) groups is 2. The van der Waals surface area contributed by atoms with E-state index < -0.39 is 11.9 Å². The third-order valence-electron chi connectivity index (χ3n) is 6.56. The fraction of sp³-hybridized carbons (Fsp3) is 0.857. The minimum absolute atomic E-state index is 0.201. The van der Waals surface area contributed by atoms with Crippen LogP contribution in [0.25, 0.3) is 0 Å². The standard InChI is InChI=1S/C28H52O4/c1-3-5-7-8-9-10-11-12-15-19-23-26(28(31)32)25(21-17-6-4-2)22-18-14-13-16-20-24-27(29)30/h8-9,25-26H,3-7,10-24H2,1-2H3,(H,29,30)(H,31,32). The lowest BCUT2D eigenvalue weighted by atomic mass is 9.80. The zero-order valence-electron chi connectivity index (χ0n) is 21.2. The molecule has 0 amide bonds. The molecule has 2 N–H and O–H groups in total. The Morgan fingerprint density at radius 3 is 1.72 bits per heavy atom. The number of aliphatic carboxylic acids is 2. The third-order valence-corrected chi connectivity index (χ3v) is 6.56. The summed E-state index contributed by atoms with van der Waals surface area (Å²) in [6.07, 6.45) is 25.6. The Balaban J connectivity index is 4.26. The summed E-state index contributed by atoms with van der Waals surface area (Å²) in [4.78, 5) is 22.6. The van der Waals surface area contributed by atoms with Crippen molar-refractivity contribution in [3.63, 3.8) is 0 Å². The second-order valence-electron chi connectivity index (χ2n) is 9.51. The summed E-state index contributed by atoms with van der Waals surface area (Å²) in [6, 6.07) is 0. The molecule has 0 aromatic heterocycles. The second kappa shape index (κ2) is 22.9. The van der Waals surface area contributed by atoms with Crippen molar-refractivity contribution in [3.8, 4) is 0 Å². The molecule has 0 heterocycles. The predicted molar refractivity (Wildman–Crippen MR) is 135 cm³/mol. The van der Waals surface area contributed by atoms with E-state index >= 15 is 0 Å². The Morgan fingerprint density at radius 2 is 1.12 bits per heavy atom. The van der Waals surface area contributed by atoms with Crippen LogP contribution in [0.2, 0.25) is 0 Å². The molecule has 0 saturated heterocycles. The van der Waals surface area contributed by atoms with Crippen molar-refractivity contribution in [1.82, 2.24) is 0 Å². The highest BCUT2D eigenvalue weighted by molar-refractivity contribution is 5.70.